The second kappa shape index (κ2) is 12.6. The molecule has 0 radical (unpaired) electrons. The van der Waals surface area contributed by atoms with Crippen LogP contribution in [0.25, 0.3) is 0 Å². The van der Waals surface area contributed by atoms with E-state index in [1.165, 1.54) is 18.2 Å². The van der Waals surface area contributed by atoms with Gasteiger partial charge < -0.3 is 30.2 Å². The van der Waals surface area contributed by atoms with Gasteiger partial charge in [0.15, 0.2) is 23.7 Å². The standard InChI is InChI=1S/C30H41FN2O11/c1-27-11-9-19(34)14-18(27)7-8-20-21-15-22(35)30(40,28(21,2)16-23(36)29(20,27)31)24(37)17-43-26(39)10-12-32-25(38)6-4-3-5-13-44-33(41)42/h9,11,14,20-23,35-36,40H,3-8,10,12-13,15-17H2,1-2H3,(H,32,38)/t20-,21-,22+,23-,27-,28-,29-,30-/m0/s1. The number of halogens is 1. The van der Waals surface area contributed by atoms with E-state index in [1.54, 1.807) is 13.8 Å². The molecule has 13 nitrogen and oxygen atoms in total. The van der Waals surface area contributed by atoms with Gasteiger partial charge in [-0.05, 0) is 63.5 Å². The minimum Gasteiger partial charge on any atom is -0.457 e. The molecule has 0 aliphatic heterocycles. The van der Waals surface area contributed by atoms with Crippen LogP contribution in [-0.2, 0) is 28.8 Å². The first-order valence-corrected chi connectivity index (χ1v) is 15.1. The number of aliphatic hydroxyl groups excluding tert-OH is 2. The van der Waals surface area contributed by atoms with Gasteiger partial charge in [0.2, 0.25) is 11.7 Å². The van der Waals surface area contributed by atoms with Crippen LogP contribution < -0.4 is 5.32 Å². The van der Waals surface area contributed by atoms with Crippen LogP contribution in [0.3, 0.4) is 0 Å². The zero-order chi connectivity index (χ0) is 32.5. The molecule has 3 saturated carbocycles. The van der Waals surface area contributed by atoms with Crippen molar-refractivity contribution in [3.63, 3.8) is 0 Å². The number of aliphatic hydroxyl groups is 3. The zero-order valence-electron chi connectivity index (χ0n) is 25.0. The largest absolute Gasteiger partial charge is 0.457 e. The van der Waals surface area contributed by atoms with Crippen LogP contribution in [-0.4, -0.2) is 87.1 Å². The maximum atomic E-state index is 17.2. The third-order valence-corrected chi connectivity index (χ3v) is 10.5. The van der Waals surface area contributed by atoms with Crippen molar-refractivity contribution in [2.75, 3.05) is 19.8 Å². The number of esters is 1. The SMILES string of the molecule is C[C@]12C=CC(=O)C=C1CC[C@H]1[C@@H]3C[C@@H](O)[C@](O)(C(=O)COC(=O)CCNC(=O)CCCCCO[N+](=O)[O-])[C@@]3(C)C[C@H](O)[C@@]12F. The Morgan fingerprint density at radius 1 is 1.14 bits per heavy atom. The molecule has 4 aliphatic carbocycles. The number of hydrogen-bond acceptors (Lipinski definition) is 11. The average Bonchev–Trinajstić information content (AvgIpc) is 3.16. The van der Waals surface area contributed by atoms with Crippen molar-refractivity contribution in [2.24, 2.45) is 22.7 Å². The van der Waals surface area contributed by atoms with Gasteiger partial charge in [0, 0.05) is 29.7 Å². The molecular formula is C30H41FN2O11. The van der Waals surface area contributed by atoms with E-state index in [4.69, 9.17) is 4.74 Å². The lowest BCUT2D eigenvalue weighted by molar-refractivity contribution is -0.757. The zero-order valence-corrected chi connectivity index (χ0v) is 25.0. The van der Waals surface area contributed by atoms with Gasteiger partial charge in [0.1, 0.15) is 0 Å². The Balaban J connectivity index is 1.32. The first kappa shape index (κ1) is 33.7. The van der Waals surface area contributed by atoms with E-state index >= 15 is 4.39 Å². The lowest BCUT2D eigenvalue weighted by Gasteiger charge is -2.62. The highest BCUT2D eigenvalue weighted by molar-refractivity contribution is 6.01. The maximum absolute atomic E-state index is 17.2. The molecule has 4 aliphatic rings. The second-order valence-corrected chi connectivity index (χ2v) is 12.8. The monoisotopic (exact) mass is 624 g/mol. The fourth-order valence-electron chi connectivity index (χ4n) is 8.15. The van der Waals surface area contributed by atoms with Crippen LogP contribution in [0.2, 0.25) is 0 Å². The van der Waals surface area contributed by atoms with Crippen molar-refractivity contribution in [3.8, 4) is 0 Å². The predicted molar refractivity (Wildman–Crippen MR) is 150 cm³/mol. The second-order valence-electron chi connectivity index (χ2n) is 12.8. The molecule has 0 aromatic rings. The molecule has 44 heavy (non-hydrogen) atoms. The molecule has 4 rings (SSSR count). The minimum atomic E-state index is -2.41. The first-order valence-electron chi connectivity index (χ1n) is 15.1. The van der Waals surface area contributed by atoms with Crippen LogP contribution >= 0.6 is 0 Å². The normalized spacial score (nSPS) is 37.2. The first-order chi connectivity index (χ1) is 20.6. The number of alkyl halides is 1. The van der Waals surface area contributed by atoms with Crippen molar-refractivity contribution in [1.29, 1.82) is 0 Å². The number of carbonyl (C=O) groups is 4. The molecule has 244 valence electrons. The Kier molecular flexibility index (Phi) is 9.67. The van der Waals surface area contributed by atoms with Gasteiger partial charge in [-0.1, -0.05) is 25.0 Å². The summed E-state index contributed by atoms with van der Waals surface area (Å²) in [6.07, 6.45) is 2.51. The number of rotatable bonds is 13. The Morgan fingerprint density at radius 2 is 1.86 bits per heavy atom. The summed E-state index contributed by atoms with van der Waals surface area (Å²) >= 11 is 0. The van der Waals surface area contributed by atoms with Crippen LogP contribution in [0.1, 0.15) is 71.6 Å². The molecule has 0 saturated heterocycles. The molecule has 0 spiro atoms. The minimum absolute atomic E-state index is 0.0540. The molecule has 1 amide bonds. The smallest absolute Gasteiger partial charge is 0.308 e. The third kappa shape index (κ3) is 5.67. The number of carbonyl (C=O) groups excluding carboxylic acids is 4. The fraction of sp³-hybridized carbons (Fsp3) is 0.733. The van der Waals surface area contributed by atoms with E-state index in [-0.39, 0.29) is 56.9 Å². The van der Waals surface area contributed by atoms with Gasteiger partial charge >= 0.3 is 5.97 Å². The van der Waals surface area contributed by atoms with Gasteiger partial charge in [0.05, 0.1) is 25.2 Å². The molecule has 0 bridgehead atoms. The number of allylic oxidation sites excluding steroid dienone is 4. The summed E-state index contributed by atoms with van der Waals surface area (Å²) in [5, 5.41) is 45.9. The molecule has 3 fully saturated rings. The van der Waals surface area contributed by atoms with Crippen LogP contribution in [0.4, 0.5) is 4.39 Å². The molecule has 4 N–H and O–H groups in total. The summed E-state index contributed by atoms with van der Waals surface area (Å²) in [5.41, 5.74) is -6.71. The van der Waals surface area contributed by atoms with E-state index in [1.807, 2.05) is 0 Å². The number of ketones is 2. The summed E-state index contributed by atoms with van der Waals surface area (Å²) in [5.74, 6) is -3.88. The molecule has 0 heterocycles. The van der Waals surface area contributed by atoms with Crippen LogP contribution in [0.5, 0.6) is 0 Å². The van der Waals surface area contributed by atoms with E-state index in [2.05, 4.69) is 10.2 Å². The van der Waals surface area contributed by atoms with E-state index < -0.39 is 69.6 Å². The highest BCUT2D eigenvalue weighted by atomic mass is 19.1. The van der Waals surface area contributed by atoms with Crippen molar-refractivity contribution < 1.29 is 53.5 Å². The van der Waals surface area contributed by atoms with E-state index in [9.17, 15) is 44.6 Å². The topological polar surface area (TPSA) is 203 Å². The van der Waals surface area contributed by atoms with Crippen molar-refractivity contribution in [2.45, 2.75) is 95.1 Å². The Bertz CT molecular complexity index is 1260. The average molecular weight is 625 g/mol. The highest BCUT2D eigenvalue weighted by Gasteiger charge is 2.76. The van der Waals surface area contributed by atoms with Crippen LogP contribution in [0.15, 0.2) is 23.8 Å². The molecule has 0 aromatic carbocycles. The lowest BCUT2D eigenvalue weighted by Crippen LogP contribution is -2.69. The number of hydrogen-bond donors (Lipinski definition) is 4. The van der Waals surface area contributed by atoms with E-state index in [0.29, 0.717) is 31.3 Å². The Morgan fingerprint density at radius 3 is 2.57 bits per heavy atom. The molecular weight excluding hydrogens is 583 g/mol. The maximum Gasteiger partial charge on any atom is 0.308 e. The van der Waals surface area contributed by atoms with Crippen molar-refractivity contribution >= 4 is 23.4 Å². The molecule has 0 unspecified atom stereocenters. The number of nitrogens with zero attached hydrogens (tertiary/aromatic N) is 1. The Labute approximate surface area is 253 Å². The number of nitrogens with one attached hydrogen (secondary N) is 1. The number of amides is 1. The van der Waals surface area contributed by atoms with Crippen molar-refractivity contribution in [3.05, 3.63) is 33.9 Å². The summed E-state index contributed by atoms with van der Waals surface area (Å²) in [4.78, 5) is 63.9. The predicted octanol–water partition coefficient (Wildman–Crippen LogP) is 1.45. The van der Waals surface area contributed by atoms with Crippen molar-refractivity contribution in [1.82, 2.24) is 5.32 Å². The lowest BCUT2D eigenvalue weighted by atomic mass is 9.44. The summed E-state index contributed by atoms with van der Waals surface area (Å²) in [6.45, 7) is 2.22. The molecule has 0 aromatic heterocycles. The Hall–Kier alpha value is -3.23. The van der Waals surface area contributed by atoms with Gasteiger partial charge in [-0.15, -0.1) is 10.1 Å². The number of ether oxygens (including phenoxy) is 1. The molecule has 14 heteroatoms. The van der Waals surface area contributed by atoms with E-state index in [0.717, 1.165) is 0 Å². The summed E-state index contributed by atoms with van der Waals surface area (Å²) in [7, 11) is 0. The number of fused-ring (bicyclic) bond motifs is 5. The molecule has 8 atom stereocenters. The number of Topliss-reactive ketones (excluding diaryl/α,β-unsaturated/α-hetero) is 1. The van der Waals surface area contributed by atoms with Crippen LogP contribution in [0, 0.1) is 32.8 Å². The van der Waals surface area contributed by atoms with Gasteiger partial charge in [-0.3, -0.25) is 19.2 Å². The van der Waals surface area contributed by atoms with Gasteiger partial charge in [-0.25, -0.2) is 4.39 Å². The fourth-order valence-corrected chi connectivity index (χ4v) is 8.15. The number of unbranched alkanes of at least 4 members (excludes halogenated alkanes) is 2. The highest BCUT2D eigenvalue weighted by Crippen LogP contribution is 2.69. The third-order valence-electron chi connectivity index (χ3n) is 10.5. The summed E-state index contributed by atoms with van der Waals surface area (Å²) < 4.78 is 22.3. The quantitative estimate of drug-likeness (QED) is 0.0999. The van der Waals surface area contributed by atoms with Gasteiger partial charge in [-0.2, -0.15) is 0 Å². The summed E-state index contributed by atoms with van der Waals surface area (Å²) in [6, 6.07) is 0. The van der Waals surface area contributed by atoms with Gasteiger partial charge in [0.25, 0.3) is 5.09 Å².